The number of allylic oxidation sites excluding steroid dienone is 1. The highest BCUT2D eigenvalue weighted by molar-refractivity contribution is 7.80. The first-order chi connectivity index (χ1) is 10.6. The van der Waals surface area contributed by atoms with Crippen molar-refractivity contribution in [3.63, 3.8) is 0 Å². The summed E-state index contributed by atoms with van der Waals surface area (Å²) in [6.07, 6.45) is -4.52. The summed E-state index contributed by atoms with van der Waals surface area (Å²) >= 11 is 5.04. The van der Waals surface area contributed by atoms with E-state index in [1.165, 1.54) is 23.1 Å². The Morgan fingerprint density at radius 2 is 1.87 bits per heavy atom. The molecule has 0 radical (unpaired) electrons. The molecule has 0 saturated heterocycles. The number of hydrogen-bond donors (Lipinski definition) is 2. The topological polar surface area (TPSA) is 44.4 Å². The van der Waals surface area contributed by atoms with Gasteiger partial charge in [0.1, 0.15) is 0 Å². The fourth-order valence-electron chi connectivity index (χ4n) is 2.46. The van der Waals surface area contributed by atoms with E-state index in [2.05, 4.69) is 10.6 Å². The highest BCUT2D eigenvalue weighted by atomic mass is 32.1. The van der Waals surface area contributed by atoms with Gasteiger partial charge in [-0.15, -0.1) is 0 Å². The van der Waals surface area contributed by atoms with Crippen LogP contribution in [-0.4, -0.2) is 30.0 Å². The Bertz CT molecular complexity index is 683. The lowest BCUT2D eigenvalue weighted by atomic mass is 9.91. The normalized spacial score (nSPS) is 18.3. The summed E-state index contributed by atoms with van der Waals surface area (Å²) in [6, 6.07) is 4.21. The summed E-state index contributed by atoms with van der Waals surface area (Å²) < 4.78 is 39.9. The van der Waals surface area contributed by atoms with E-state index >= 15 is 0 Å². The molecule has 1 aliphatic heterocycles. The first kappa shape index (κ1) is 17.3. The molecule has 1 heterocycles. The number of carbonyl (C=O) groups is 1. The van der Waals surface area contributed by atoms with Crippen LogP contribution in [0.5, 0.6) is 0 Å². The van der Waals surface area contributed by atoms with Crippen LogP contribution >= 0.6 is 12.2 Å². The van der Waals surface area contributed by atoms with E-state index in [0.29, 0.717) is 5.70 Å². The predicted molar refractivity (Wildman–Crippen MR) is 84.4 cm³/mol. The molecule has 0 bridgehead atoms. The number of hydrogen-bond acceptors (Lipinski definition) is 2. The van der Waals surface area contributed by atoms with E-state index in [9.17, 15) is 18.0 Å². The number of amides is 1. The van der Waals surface area contributed by atoms with Crippen LogP contribution in [0.2, 0.25) is 0 Å². The second-order valence-electron chi connectivity index (χ2n) is 5.35. The number of rotatable bonds is 2. The summed E-state index contributed by atoms with van der Waals surface area (Å²) in [4.78, 5) is 13.7. The third-order valence-electron chi connectivity index (χ3n) is 3.48. The third-order valence-corrected chi connectivity index (χ3v) is 3.70. The minimum atomic E-state index is -4.52. The van der Waals surface area contributed by atoms with Crippen LogP contribution in [-0.2, 0) is 11.0 Å². The van der Waals surface area contributed by atoms with E-state index < -0.39 is 17.8 Å². The molecule has 1 amide bonds. The Kier molecular flexibility index (Phi) is 4.65. The molecule has 8 heteroatoms. The molecule has 23 heavy (non-hydrogen) atoms. The Morgan fingerprint density at radius 3 is 2.43 bits per heavy atom. The van der Waals surface area contributed by atoms with Crippen LogP contribution < -0.4 is 10.6 Å². The Balaban J connectivity index is 2.63. The average molecular weight is 343 g/mol. The molecule has 2 rings (SSSR count). The monoisotopic (exact) mass is 343 g/mol. The van der Waals surface area contributed by atoms with Crippen molar-refractivity contribution in [1.82, 2.24) is 15.5 Å². The number of alkyl halides is 3. The zero-order valence-corrected chi connectivity index (χ0v) is 13.6. The Hall–Kier alpha value is -2.09. The Morgan fingerprint density at radius 1 is 1.26 bits per heavy atom. The molecule has 1 aliphatic rings. The van der Waals surface area contributed by atoms with Crippen molar-refractivity contribution in [2.24, 2.45) is 0 Å². The van der Waals surface area contributed by atoms with Gasteiger partial charge in [-0.3, -0.25) is 4.79 Å². The van der Waals surface area contributed by atoms with Crippen molar-refractivity contribution in [2.75, 3.05) is 14.1 Å². The SMILES string of the molecule is CC1=C(C(=O)N(C)C)C(c2ccccc2C(F)(F)F)NC(=S)N1. The largest absolute Gasteiger partial charge is 0.416 e. The van der Waals surface area contributed by atoms with Gasteiger partial charge in [-0.2, -0.15) is 13.2 Å². The highest BCUT2D eigenvalue weighted by Gasteiger charge is 2.39. The molecule has 0 aliphatic carbocycles. The van der Waals surface area contributed by atoms with Gasteiger partial charge in [0.25, 0.3) is 5.91 Å². The molecule has 2 N–H and O–H groups in total. The van der Waals surface area contributed by atoms with E-state index in [4.69, 9.17) is 12.2 Å². The van der Waals surface area contributed by atoms with Crippen LogP contribution in [0.15, 0.2) is 35.5 Å². The Labute approximate surface area is 137 Å². The average Bonchev–Trinajstić information content (AvgIpc) is 2.44. The molecule has 0 fully saturated rings. The van der Waals surface area contributed by atoms with Gasteiger partial charge in [0.05, 0.1) is 17.2 Å². The summed E-state index contributed by atoms with van der Waals surface area (Å²) in [5.41, 5.74) is -0.179. The number of benzene rings is 1. The van der Waals surface area contributed by atoms with E-state index in [1.54, 1.807) is 21.0 Å². The number of likely N-dealkylation sites (N-methyl/N-ethyl adjacent to an activating group) is 1. The van der Waals surface area contributed by atoms with Gasteiger partial charge >= 0.3 is 6.18 Å². The van der Waals surface area contributed by atoms with Crippen molar-refractivity contribution in [3.05, 3.63) is 46.7 Å². The van der Waals surface area contributed by atoms with Gasteiger partial charge in [-0.25, -0.2) is 0 Å². The van der Waals surface area contributed by atoms with Crippen molar-refractivity contribution in [2.45, 2.75) is 19.1 Å². The quantitative estimate of drug-likeness (QED) is 0.810. The van der Waals surface area contributed by atoms with Crippen molar-refractivity contribution < 1.29 is 18.0 Å². The lowest BCUT2D eigenvalue weighted by Crippen LogP contribution is -2.47. The van der Waals surface area contributed by atoms with Crippen LogP contribution in [0, 0.1) is 0 Å². The van der Waals surface area contributed by atoms with Gasteiger partial charge in [0, 0.05) is 19.8 Å². The smallest absolute Gasteiger partial charge is 0.351 e. The fourth-order valence-corrected chi connectivity index (χ4v) is 2.73. The molecule has 4 nitrogen and oxygen atoms in total. The van der Waals surface area contributed by atoms with Gasteiger partial charge in [-0.1, -0.05) is 18.2 Å². The van der Waals surface area contributed by atoms with Crippen LogP contribution in [0.25, 0.3) is 0 Å². The van der Waals surface area contributed by atoms with Crippen LogP contribution in [0.3, 0.4) is 0 Å². The molecule has 124 valence electrons. The van der Waals surface area contributed by atoms with Crippen molar-refractivity contribution >= 4 is 23.2 Å². The summed E-state index contributed by atoms with van der Waals surface area (Å²) in [6.45, 7) is 1.62. The van der Waals surface area contributed by atoms with Crippen molar-refractivity contribution in [3.8, 4) is 0 Å². The first-order valence-electron chi connectivity index (χ1n) is 6.79. The number of thiocarbonyl (C=S) groups is 1. The number of nitrogens with one attached hydrogen (secondary N) is 2. The molecular formula is C15H16F3N3OS. The number of halogens is 3. The number of carbonyl (C=O) groups excluding carboxylic acids is 1. The standard InChI is InChI=1S/C15H16F3N3OS/c1-8-11(13(22)21(2)3)12(20-14(23)19-8)9-6-4-5-7-10(9)15(16,17)18/h4-7,12H,1-3H3,(H2,19,20,23). The van der Waals surface area contributed by atoms with Crippen LogP contribution in [0.4, 0.5) is 13.2 Å². The lowest BCUT2D eigenvalue weighted by molar-refractivity contribution is -0.138. The van der Waals surface area contributed by atoms with Gasteiger partial charge in [-0.05, 0) is 30.8 Å². The van der Waals surface area contributed by atoms with Gasteiger partial charge in [0.15, 0.2) is 5.11 Å². The second kappa shape index (κ2) is 6.19. The van der Waals surface area contributed by atoms with Gasteiger partial charge < -0.3 is 15.5 Å². The molecule has 0 aromatic heterocycles. The first-order valence-corrected chi connectivity index (χ1v) is 7.19. The minimum Gasteiger partial charge on any atom is -0.351 e. The van der Waals surface area contributed by atoms with Gasteiger partial charge in [0.2, 0.25) is 0 Å². The predicted octanol–water partition coefficient (Wildman–Crippen LogP) is 2.59. The van der Waals surface area contributed by atoms with E-state index in [-0.39, 0.29) is 22.2 Å². The maximum absolute atomic E-state index is 13.3. The van der Waals surface area contributed by atoms with Crippen LogP contribution in [0.1, 0.15) is 24.1 Å². The molecule has 1 aromatic rings. The minimum absolute atomic E-state index is 0.0339. The third kappa shape index (κ3) is 3.47. The molecular weight excluding hydrogens is 327 g/mol. The second-order valence-corrected chi connectivity index (χ2v) is 5.76. The molecule has 0 saturated carbocycles. The highest BCUT2D eigenvalue weighted by Crippen LogP contribution is 2.38. The zero-order chi connectivity index (χ0) is 17.4. The molecule has 1 aromatic carbocycles. The molecule has 1 atom stereocenters. The molecule has 0 spiro atoms. The molecule has 1 unspecified atom stereocenters. The maximum atomic E-state index is 13.3. The summed E-state index contributed by atoms with van der Waals surface area (Å²) in [7, 11) is 3.09. The van der Waals surface area contributed by atoms with E-state index in [0.717, 1.165) is 6.07 Å². The summed E-state index contributed by atoms with van der Waals surface area (Å²) in [5, 5.41) is 5.75. The fraction of sp³-hybridized carbons (Fsp3) is 0.333. The lowest BCUT2D eigenvalue weighted by Gasteiger charge is -2.32. The van der Waals surface area contributed by atoms with E-state index in [1.807, 2.05) is 0 Å². The zero-order valence-electron chi connectivity index (χ0n) is 12.8. The van der Waals surface area contributed by atoms with Crippen molar-refractivity contribution in [1.29, 1.82) is 0 Å². The maximum Gasteiger partial charge on any atom is 0.416 e. The summed E-state index contributed by atoms with van der Waals surface area (Å²) in [5.74, 6) is -0.382. The number of nitrogens with zero attached hydrogens (tertiary/aromatic N) is 1.